The molecule has 17 heavy (non-hydrogen) atoms. The third kappa shape index (κ3) is 2.05. The molecule has 5 heteroatoms. The van der Waals surface area contributed by atoms with Gasteiger partial charge in [-0.1, -0.05) is 0 Å². The molecule has 0 atom stereocenters. The molecule has 1 aliphatic heterocycles. The number of ketones is 1. The first-order valence-electron chi connectivity index (χ1n) is 4.97. The summed E-state index contributed by atoms with van der Waals surface area (Å²) in [6.45, 7) is 1.63. The van der Waals surface area contributed by atoms with E-state index in [0.29, 0.717) is 0 Å². The number of hydrogen-bond acceptors (Lipinski definition) is 2. The van der Waals surface area contributed by atoms with E-state index in [1.54, 1.807) is 6.92 Å². The Morgan fingerprint density at radius 3 is 2.65 bits per heavy atom. The smallest absolute Gasteiger partial charge is 0.416 e. The number of Topliss-reactive ketones (excluding diaryl/α,β-unsaturated/α-hetero) is 1. The molecular weight excluding hydrogens is 233 g/mol. The van der Waals surface area contributed by atoms with E-state index < -0.39 is 11.7 Å². The van der Waals surface area contributed by atoms with Crippen LogP contribution >= 0.6 is 0 Å². The third-order valence-electron chi connectivity index (χ3n) is 2.55. The Hall–Kier alpha value is -1.78. The van der Waals surface area contributed by atoms with Gasteiger partial charge in [-0.25, -0.2) is 0 Å². The molecule has 0 spiro atoms. The largest absolute Gasteiger partial charge is 0.485 e. The highest BCUT2D eigenvalue weighted by molar-refractivity contribution is 6.09. The molecule has 1 aliphatic rings. The number of fused-ring (bicyclic) bond motifs is 1. The Balaban J connectivity index is 2.47. The molecule has 0 aliphatic carbocycles. The van der Waals surface area contributed by atoms with Crippen molar-refractivity contribution >= 4 is 5.78 Å². The van der Waals surface area contributed by atoms with Crippen LogP contribution in [0.1, 0.15) is 28.4 Å². The van der Waals surface area contributed by atoms with Crippen molar-refractivity contribution in [1.29, 1.82) is 0 Å². The molecule has 0 aromatic heterocycles. The van der Waals surface area contributed by atoms with Crippen LogP contribution in [0.25, 0.3) is 0 Å². The van der Waals surface area contributed by atoms with Crippen LogP contribution in [-0.4, -0.2) is 5.78 Å². The number of rotatable bonds is 0. The number of carbonyl (C=O) groups excluding carboxylic acids is 1. The zero-order valence-corrected chi connectivity index (χ0v) is 8.97. The maximum atomic E-state index is 12.5. The fourth-order valence-corrected chi connectivity index (χ4v) is 1.68. The normalized spacial score (nSPS) is 17.9. The monoisotopic (exact) mass is 242 g/mol. The first-order chi connectivity index (χ1) is 7.93. The van der Waals surface area contributed by atoms with Crippen LogP contribution in [0.4, 0.5) is 13.2 Å². The van der Waals surface area contributed by atoms with Gasteiger partial charge in [-0.2, -0.15) is 13.2 Å². The Morgan fingerprint density at radius 2 is 2.06 bits per heavy atom. The van der Waals surface area contributed by atoms with Crippen molar-refractivity contribution in [2.75, 3.05) is 0 Å². The van der Waals surface area contributed by atoms with Gasteiger partial charge in [0.15, 0.2) is 5.76 Å². The van der Waals surface area contributed by atoms with Gasteiger partial charge in [-0.15, -0.1) is 0 Å². The standard InChI is InChI=1S/C12H9F3O2/c1-2-10-11(16)9-4-3-8(12(13,14)15)5-7(9)6-17-10/h2-5H,6H2,1H3/b10-2+. The molecule has 0 N–H and O–H groups in total. The summed E-state index contributed by atoms with van der Waals surface area (Å²) in [6, 6.07) is 3.07. The maximum Gasteiger partial charge on any atom is 0.416 e. The zero-order valence-electron chi connectivity index (χ0n) is 8.97. The summed E-state index contributed by atoms with van der Waals surface area (Å²) in [5, 5.41) is 0. The van der Waals surface area contributed by atoms with Gasteiger partial charge in [0.2, 0.25) is 5.78 Å². The zero-order chi connectivity index (χ0) is 12.6. The van der Waals surface area contributed by atoms with Crippen molar-refractivity contribution < 1.29 is 22.7 Å². The summed E-state index contributed by atoms with van der Waals surface area (Å²) >= 11 is 0. The second kappa shape index (κ2) is 3.91. The minimum atomic E-state index is -4.40. The van der Waals surface area contributed by atoms with Crippen molar-refractivity contribution in [3.63, 3.8) is 0 Å². The molecule has 1 aromatic carbocycles. The lowest BCUT2D eigenvalue weighted by atomic mass is 9.97. The molecule has 0 amide bonds. The van der Waals surface area contributed by atoms with Gasteiger partial charge in [0.05, 0.1) is 5.56 Å². The molecule has 0 bridgehead atoms. The molecule has 2 nitrogen and oxygen atoms in total. The maximum absolute atomic E-state index is 12.5. The lowest BCUT2D eigenvalue weighted by molar-refractivity contribution is -0.137. The number of ether oxygens (including phenoxy) is 1. The van der Waals surface area contributed by atoms with Gasteiger partial charge in [-0.3, -0.25) is 4.79 Å². The Morgan fingerprint density at radius 1 is 1.35 bits per heavy atom. The average Bonchev–Trinajstić information content (AvgIpc) is 2.28. The van der Waals surface area contributed by atoms with Crippen LogP contribution in [-0.2, 0) is 17.5 Å². The molecule has 0 saturated heterocycles. The average molecular weight is 242 g/mol. The van der Waals surface area contributed by atoms with Gasteiger partial charge in [0, 0.05) is 11.1 Å². The minimum absolute atomic E-state index is 0.00926. The third-order valence-corrected chi connectivity index (χ3v) is 2.55. The van der Waals surface area contributed by atoms with E-state index in [2.05, 4.69) is 0 Å². The molecule has 1 heterocycles. The molecule has 2 rings (SSSR count). The fourth-order valence-electron chi connectivity index (χ4n) is 1.68. The Labute approximate surface area is 95.7 Å². The first kappa shape index (κ1) is 11.7. The minimum Gasteiger partial charge on any atom is -0.485 e. The number of benzene rings is 1. The van der Waals surface area contributed by atoms with Crippen LogP contribution in [0.3, 0.4) is 0 Å². The summed E-state index contributed by atoms with van der Waals surface area (Å²) in [7, 11) is 0. The van der Waals surface area contributed by atoms with Gasteiger partial charge < -0.3 is 4.74 Å². The Bertz CT molecular complexity index is 501. The fraction of sp³-hybridized carbons (Fsp3) is 0.250. The number of hydrogen-bond donors (Lipinski definition) is 0. The molecule has 1 aromatic rings. The second-order valence-corrected chi connectivity index (χ2v) is 3.64. The second-order valence-electron chi connectivity index (χ2n) is 3.64. The summed E-state index contributed by atoms with van der Waals surface area (Å²) in [6.07, 6.45) is -2.90. The lowest BCUT2D eigenvalue weighted by Crippen LogP contribution is -2.17. The molecule has 0 radical (unpaired) electrons. The van der Waals surface area contributed by atoms with E-state index in [0.717, 1.165) is 12.1 Å². The molecule has 0 fully saturated rings. The summed E-state index contributed by atoms with van der Waals surface area (Å²) < 4.78 is 42.5. The van der Waals surface area contributed by atoms with Crippen molar-refractivity contribution in [3.05, 3.63) is 46.7 Å². The molecular formula is C12H9F3O2. The number of alkyl halides is 3. The van der Waals surface area contributed by atoms with Crippen molar-refractivity contribution in [1.82, 2.24) is 0 Å². The van der Waals surface area contributed by atoms with E-state index in [9.17, 15) is 18.0 Å². The lowest BCUT2D eigenvalue weighted by Gasteiger charge is -2.19. The van der Waals surface area contributed by atoms with Gasteiger partial charge in [0.25, 0.3) is 0 Å². The van der Waals surface area contributed by atoms with Crippen LogP contribution in [0.2, 0.25) is 0 Å². The van der Waals surface area contributed by atoms with Crippen LogP contribution in [0, 0.1) is 0 Å². The highest BCUT2D eigenvalue weighted by atomic mass is 19.4. The van der Waals surface area contributed by atoms with Crippen LogP contribution < -0.4 is 0 Å². The Kier molecular flexibility index (Phi) is 2.69. The van der Waals surface area contributed by atoms with E-state index in [1.807, 2.05) is 0 Å². The van der Waals surface area contributed by atoms with E-state index >= 15 is 0 Å². The predicted molar refractivity (Wildman–Crippen MR) is 54.3 cm³/mol. The number of allylic oxidation sites excluding steroid dienone is 2. The quantitative estimate of drug-likeness (QED) is 0.652. The van der Waals surface area contributed by atoms with Crippen LogP contribution in [0.5, 0.6) is 0 Å². The number of halogens is 3. The van der Waals surface area contributed by atoms with E-state index in [1.165, 1.54) is 12.1 Å². The molecule has 90 valence electrons. The number of carbonyl (C=O) groups is 1. The van der Waals surface area contributed by atoms with Gasteiger partial charge in [-0.05, 0) is 31.2 Å². The van der Waals surface area contributed by atoms with E-state index in [4.69, 9.17) is 4.74 Å². The van der Waals surface area contributed by atoms with Gasteiger partial charge >= 0.3 is 6.18 Å². The first-order valence-corrected chi connectivity index (χ1v) is 4.97. The van der Waals surface area contributed by atoms with Gasteiger partial charge in [0.1, 0.15) is 6.61 Å². The SMILES string of the molecule is C/C=C1/OCc2cc(C(F)(F)F)ccc2C1=O. The summed E-state index contributed by atoms with van der Waals surface area (Å²) in [4.78, 5) is 11.7. The van der Waals surface area contributed by atoms with Crippen molar-refractivity contribution in [3.8, 4) is 0 Å². The predicted octanol–water partition coefficient (Wildman–Crippen LogP) is 3.32. The highest BCUT2D eigenvalue weighted by Gasteiger charge is 2.32. The van der Waals surface area contributed by atoms with E-state index in [-0.39, 0.29) is 29.3 Å². The highest BCUT2D eigenvalue weighted by Crippen LogP contribution is 2.32. The van der Waals surface area contributed by atoms with Crippen LogP contribution in [0.15, 0.2) is 30.0 Å². The topological polar surface area (TPSA) is 26.3 Å². The van der Waals surface area contributed by atoms with Crippen molar-refractivity contribution in [2.24, 2.45) is 0 Å². The molecule has 0 saturated carbocycles. The molecule has 0 unspecified atom stereocenters. The summed E-state index contributed by atoms with van der Waals surface area (Å²) in [5.74, 6) is -0.195. The summed E-state index contributed by atoms with van der Waals surface area (Å²) in [5.41, 5.74) is -0.218. The van der Waals surface area contributed by atoms with Crippen molar-refractivity contribution in [2.45, 2.75) is 19.7 Å².